The average Bonchev–Trinajstić information content (AvgIpc) is 2.08. The molecule has 1 heterocycles. The Morgan fingerprint density at radius 2 is 2.09 bits per heavy atom. The molecule has 0 saturated heterocycles. The maximum absolute atomic E-state index is 8.99. The van der Waals surface area contributed by atoms with E-state index in [9.17, 15) is 0 Å². The molecular formula is C6H11BrN2OSi. The number of hydrogen-bond acceptors (Lipinski definition) is 2. The van der Waals surface area contributed by atoms with Gasteiger partial charge < -0.3 is 5.21 Å². The van der Waals surface area contributed by atoms with Gasteiger partial charge in [0.1, 0.15) is 8.07 Å². The first kappa shape index (κ1) is 8.80. The van der Waals surface area contributed by atoms with E-state index in [1.807, 2.05) is 0 Å². The summed E-state index contributed by atoms with van der Waals surface area (Å²) in [6.07, 6.45) is 1.56. The molecule has 0 bridgehead atoms. The van der Waals surface area contributed by atoms with Gasteiger partial charge in [-0.3, -0.25) is 0 Å². The standard InChI is InChI=1S/C6H11BrN2OSi/c1-11(2,3)6-5(7)4-9(10)8-6/h4,10H,1-3H3. The predicted molar refractivity (Wildman–Crippen MR) is 50.1 cm³/mol. The van der Waals surface area contributed by atoms with Crippen molar-refractivity contribution in [1.82, 2.24) is 9.94 Å². The molecular weight excluding hydrogens is 224 g/mol. The third kappa shape index (κ3) is 1.84. The first-order chi connectivity index (χ1) is 4.91. The van der Waals surface area contributed by atoms with Crippen molar-refractivity contribution in [2.45, 2.75) is 19.6 Å². The summed E-state index contributed by atoms with van der Waals surface area (Å²) >= 11 is 3.34. The molecule has 0 atom stereocenters. The minimum Gasteiger partial charge on any atom is -0.412 e. The van der Waals surface area contributed by atoms with Crippen molar-refractivity contribution < 1.29 is 5.21 Å². The van der Waals surface area contributed by atoms with Crippen LogP contribution in [0.2, 0.25) is 19.6 Å². The number of halogens is 1. The van der Waals surface area contributed by atoms with Gasteiger partial charge in [-0.1, -0.05) is 19.6 Å². The second-order valence-corrected chi connectivity index (χ2v) is 9.32. The molecule has 0 aliphatic carbocycles. The van der Waals surface area contributed by atoms with Gasteiger partial charge in [0.15, 0.2) is 0 Å². The molecule has 0 aliphatic rings. The molecule has 1 N–H and O–H groups in total. The molecule has 0 spiro atoms. The molecule has 1 aromatic heterocycles. The van der Waals surface area contributed by atoms with Crippen molar-refractivity contribution in [2.24, 2.45) is 0 Å². The number of hydrogen-bond donors (Lipinski definition) is 1. The van der Waals surface area contributed by atoms with Crippen LogP contribution in [-0.2, 0) is 0 Å². The van der Waals surface area contributed by atoms with Crippen molar-refractivity contribution in [3.05, 3.63) is 10.7 Å². The summed E-state index contributed by atoms with van der Waals surface area (Å²) in [4.78, 5) is 0.859. The Morgan fingerprint density at radius 1 is 1.55 bits per heavy atom. The summed E-state index contributed by atoms with van der Waals surface area (Å²) in [6, 6.07) is 0. The molecule has 1 rings (SSSR count). The van der Waals surface area contributed by atoms with Crippen LogP contribution in [0.5, 0.6) is 0 Å². The van der Waals surface area contributed by atoms with Crippen molar-refractivity contribution >= 4 is 29.3 Å². The van der Waals surface area contributed by atoms with Crippen LogP contribution >= 0.6 is 15.9 Å². The highest BCUT2D eigenvalue weighted by Gasteiger charge is 2.23. The van der Waals surface area contributed by atoms with Crippen LogP contribution in [0, 0.1) is 0 Å². The lowest BCUT2D eigenvalue weighted by molar-refractivity contribution is 0.150. The van der Waals surface area contributed by atoms with Gasteiger partial charge in [-0.05, 0) is 15.9 Å². The van der Waals surface area contributed by atoms with Crippen molar-refractivity contribution in [3.8, 4) is 0 Å². The minimum absolute atomic E-state index is 0.859. The molecule has 0 radical (unpaired) electrons. The summed E-state index contributed by atoms with van der Waals surface area (Å²) in [5.74, 6) is 0. The van der Waals surface area contributed by atoms with E-state index in [2.05, 4.69) is 40.7 Å². The molecule has 1 aromatic rings. The molecule has 0 aliphatic heterocycles. The van der Waals surface area contributed by atoms with Gasteiger partial charge in [0, 0.05) is 0 Å². The Labute approximate surface area is 75.1 Å². The first-order valence-electron chi connectivity index (χ1n) is 3.36. The van der Waals surface area contributed by atoms with Gasteiger partial charge in [0.25, 0.3) is 0 Å². The van der Waals surface area contributed by atoms with E-state index in [-0.39, 0.29) is 0 Å². The van der Waals surface area contributed by atoms with Crippen LogP contribution in [0.3, 0.4) is 0 Å². The fraction of sp³-hybridized carbons (Fsp3) is 0.500. The highest BCUT2D eigenvalue weighted by Crippen LogP contribution is 2.10. The maximum Gasteiger partial charge on any atom is 0.105 e. The molecule has 5 heteroatoms. The Kier molecular flexibility index (Phi) is 2.11. The molecule has 3 nitrogen and oxygen atoms in total. The highest BCUT2D eigenvalue weighted by atomic mass is 79.9. The normalized spacial score (nSPS) is 12.0. The Morgan fingerprint density at radius 3 is 2.27 bits per heavy atom. The summed E-state index contributed by atoms with van der Waals surface area (Å²) < 4.78 is 0.902. The van der Waals surface area contributed by atoms with Crippen molar-refractivity contribution in [1.29, 1.82) is 0 Å². The topological polar surface area (TPSA) is 38.0 Å². The largest absolute Gasteiger partial charge is 0.412 e. The molecule has 0 fully saturated rings. The SMILES string of the molecule is C[Si](C)(C)c1nn(O)cc1Br. The van der Waals surface area contributed by atoms with E-state index in [1.165, 1.54) is 0 Å². The van der Waals surface area contributed by atoms with Gasteiger partial charge in [-0.15, -0.1) is 9.94 Å². The Bertz CT molecular complexity index is 266. The zero-order valence-electron chi connectivity index (χ0n) is 6.80. The first-order valence-corrected chi connectivity index (χ1v) is 7.65. The zero-order chi connectivity index (χ0) is 8.65. The summed E-state index contributed by atoms with van der Waals surface area (Å²) in [7, 11) is -1.40. The van der Waals surface area contributed by atoms with Crippen LogP contribution in [0.25, 0.3) is 0 Å². The molecule has 62 valence electrons. The smallest absolute Gasteiger partial charge is 0.105 e. The quantitative estimate of drug-likeness (QED) is 0.590. The molecule has 0 amide bonds. The van der Waals surface area contributed by atoms with E-state index >= 15 is 0 Å². The minimum atomic E-state index is -1.40. The number of rotatable bonds is 1. The van der Waals surface area contributed by atoms with Gasteiger partial charge in [-0.25, -0.2) is 0 Å². The molecule has 11 heavy (non-hydrogen) atoms. The monoisotopic (exact) mass is 234 g/mol. The molecule has 0 saturated carbocycles. The van der Waals surface area contributed by atoms with Crippen molar-refractivity contribution in [2.75, 3.05) is 0 Å². The van der Waals surface area contributed by atoms with E-state index in [0.717, 1.165) is 14.6 Å². The maximum atomic E-state index is 8.99. The fourth-order valence-electron chi connectivity index (χ4n) is 0.850. The van der Waals surface area contributed by atoms with Crippen LogP contribution < -0.4 is 5.32 Å². The third-order valence-electron chi connectivity index (χ3n) is 1.37. The van der Waals surface area contributed by atoms with Gasteiger partial charge in [0.05, 0.1) is 16.0 Å². The number of nitrogens with zero attached hydrogens (tertiary/aromatic N) is 2. The van der Waals surface area contributed by atoms with Gasteiger partial charge >= 0.3 is 0 Å². The van der Waals surface area contributed by atoms with Gasteiger partial charge in [-0.2, -0.15) is 0 Å². The van der Waals surface area contributed by atoms with E-state index < -0.39 is 8.07 Å². The zero-order valence-corrected chi connectivity index (χ0v) is 9.38. The van der Waals surface area contributed by atoms with Crippen molar-refractivity contribution in [3.63, 3.8) is 0 Å². The third-order valence-corrected chi connectivity index (χ3v) is 4.10. The lowest BCUT2D eigenvalue weighted by atomic mass is 10.7. The lowest BCUT2D eigenvalue weighted by Crippen LogP contribution is -2.40. The van der Waals surface area contributed by atoms with E-state index in [0.29, 0.717) is 0 Å². The van der Waals surface area contributed by atoms with Crippen LogP contribution in [0.1, 0.15) is 0 Å². The second-order valence-electron chi connectivity index (χ2n) is 3.50. The summed E-state index contributed by atoms with van der Waals surface area (Å²) in [5.41, 5.74) is 0. The van der Waals surface area contributed by atoms with Crippen LogP contribution in [0.15, 0.2) is 10.7 Å². The fourth-order valence-corrected chi connectivity index (χ4v) is 4.08. The van der Waals surface area contributed by atoms with E-state index in [1.54, 1.807) is 6.20 Å². The second kappa shape index (κ2) is 2.64. The van der Waals surface area contributed by atoms with Crippen LogP contribution in [0.4, 0.5) is 0 Å². The Balaban J connectivity index is 3.13. The molecule has 0 aromatic carbocycles. The van der Waals surface area contributed by atoms with Gasteiger partial charge in [0.2, 0.25) is 0 Å². The van der Waals surface area contributed by atoms with E-state index in [4.69, 9.17) is 5.21 Å². The molecule has 0 unspecified atom stereocenters. The van der Waals surface area contributed by atoms with Crippen LogP contribution in [-0.4, -0.2) is 23.2 Å². The lowest BCUT2D eigenvalue weighted by Gasteiger charge is -2.11. The highest BCUT2D eigenvalue weighted by molar-refractivity contribution is 9.10. The Hall–Kier alpha value is -0.293. The number of aromatic nitrogens is 2. The predicted octanol–water partition coefficient (Wildman–Crippen LogP) is 1.43. The average molecular weight is 235 g/mol. The summed E-state index contributed by atoms with van der Waals surface area (Å²) in [6.45, 7) is 6.54. The summed E-state index contributed by atoms with van der Waals surface area (Å²) in [5, 5.41) is 14.0.